The third-order valence-corrected chi connectivity index (χ3v) is 8.60. The molecule has 2 N–H and O–H groups in total. The number of rotatable bonds is 8. The Kier molecular flexibility index (Phi) is 8.02. The van der Waals surface area contributed by atoms with E-state index in [1.807, 2.05) is 13.8 Å². The highest BCUT2D eigenvalue weighted by molar-refractivity contribution is 8.00. The number of fused-ring (bicyclic) bond motifs is 1. The Bertz CT molecular complexity index is 1430. The van der Waals surface area contributed by atoms with Crippen molar-refractivity contribution in [2.45, 2.75) is 64.2 Å². The average molecular weight is 579 g/mol. The van der Waals surface area contributed by atoms with Crippen LogP contribution in [-0.2, 0) is 0 Å². The van der Waals surface area contributed by atoms with Gasteiger partial charge in [-0.3, -0.25) is 9.36 Å². The molecule has 0 radical (unpaired) electrons. The minimum atomic E-state index is -4.27. The lowest BCUT2D eigenvalue weighted by molar-refractivity contribution is -0.129. The van der Waals surface area contributed by atoms with Crippen molar-refractivity contribution in [2.24, 2.45) is 5.41 Å². The lowest BCUT2D eigenvalue weighted by Gasteiger charge is -2.52. The van der Waals surface area contributed by atoms with Gasteiger partial charge in [-0.25, -0.2) is 9.37 Å². The van der Waals surface area contributed by atoms with Crippen LogP contribution in [0.25, 0.3) is 22.2 Å². The lowest BCUT2D eigenvalue weighted by atomic mass is 9.67. The fraction of sp³-hybridized carbons (Fsp3) is 0.536. The van der Waals surface area contributed by atoms with Crippen LogP contribution in [0.2, 0.25) is 0 Å². The molecular formula is C28H34F4N6OS. The van der Waals surface area contributed by atoms with Crippen LogP contribution >= 0.6 is 11.9 Å². The number of halogens is 4. The van der Waals surface area contributed by atoms with Crippen LogP contribution in [0.15, 0.2) is 35.3 Å². The van der Waals surface area contributed by atoms with Gasteiger partial charge in [0.2, 0.25) is 5.95 Å². The summed E-state index contributed by atoms with van der Waals surface area (Å²) in [5.74, 6) is -0.416. The standard InChI is InChI=1S/C28H34F4N6OS/c1-17(2)38-24-19(14-33-26(35-24)34-20-6-8-27(9-7-20)15-37(3)16-27)12-21(25(38)39)18-4-5-23(22(29)13-18)36-40-11-10-28(30,31)32/h4-5,12-14,17,20,36H,6-11,15-16H2,1-3H3,(H,33,34,35). The minimum absolute atomic E-state index is 0.0536. The first-order valence-corrected chi connectivity index (χ1v) is 14.5. The summed E-state index contributed by atoms with van der Waals surface area (Å²) in [7, 11) is 2.16. The van der Waals surface area contributed by atoms with E-state index in [0.29, 0.717) is 33.5 Å². The maximum Gasteiger partial charge on any atom is 0.389 e. The number of hydrogen-bond acceptors (Lipinski definition) is 7. The van der Waals surface area contributed by atoms with Gasteiger partial charge < -0.3 is 14.9 Å². The topological polar surface area (TPSA) is 75.1 Å². The predicted octanol–water partition coefficient (Wildman–Crippen LogP) is 6.48. The molecule has 1 aromatic carbocycles. The molecule has 0 atom stereocenters. The third-order valence-electron chi connectivity index (χ3n) is 7.83. The van der Waals surface area contributed by atoms with Crippen molar-refractivity contribution >= 4 is 34.6 Å². The van der Waals surface area contributed by atoms with E-state index in [1.54, 1.807) is 22.9 Å². The van der Waals surface area contributed by atoms with Crippen LogP contribution in [0, 0.1) is 11.2 Å². The highest BCUT2D eigenvalue weighted by atomic mass is 32.2. The van der Waals surface area contributed by atoms with Crippen molar-refractivity contribution in [3.63, 3.8) is 0 Å². The van der Waals surface area contributed by atoms with E-state index in [9.17, 15) is 22.4 Å². The Morgan fingerprint density at radius 1 is 1.18 bits per heavy atom. The molecule has 1 spiro atoms. The van der Waals surface area contributed by atoms with Crippen LogP contribution < -0.4 is 15.6 Å². The van der Waals surface area contributed by atoms with Gasteiger partial charge in [-0.2, -0.15) is 18.2 Å². The summed E-state index contributed by atoms with van der Waals surface area (Å²) in [6.45, 7) is 6.11. The monoisotopic (exact) mass is 578 g/mol. The number of nitrogens with zero attached hydrogens (tertiary/aromatic N) is 4. The molecule has 3 heterocycles. The molecule has 1 saturated carbocycles. The number of pyridine rings is 1. The molecular weight excluding hydrogens is 544 g/mol. The van der Waals surface area contributed by atoms with E-state index >= 15 is 0 Å². The minimum Gasteiger partial charge on any atom is -0.351 e. The Balaban J connectivity index is 1.35. The quantitative estimate of drug-likeness (QED) is 0.180. The molecule has 12 heteroatoms. The molecule has 0 unspecified atom stereocenters. The molecule has 0 amide bonds. The number of likely N-dealkylation sites (tertiary alicyclic amines) is 1. The van der Waals surface area contributed by atoms with Crippen molar-refractivity contribution in [3.05, 3.63) is 46.6 Å². The van der Waals surface area contributed by atoms with Gasteiger partial charge in [0, 0.05) is 48.1 Å². The fourth-order valence-electron chi connectivity index (χ4n) is 5.91. The second-order valence-corrected chi connectivity index (χ2v) is 12.3. The van der Waals surface area contributed by atoms with Crippen LogP contribution in [0.5, 0.6) is 0 Å². The first-order valence-electron chi connectivity index (χ1n) is 13.5. The third kappa shape index (κ3) is 6.22. The van der Waals surface area contributed by atoms with E-state index in [-0.39, 0.29) is 29.1 Å². The van der Waals surface area contributed by atoms with Gasteiger partial charge in [-0.15, -0.1) is 0 Å². The normalized spacial score (nSPS) is 17.9. The highest BCUT2D eigenvalue weighted by Gasteiger charge is 2.43. The van der Waals surface area contributed by atoms with Crippen LogP contribution in [0.4, 0.5) is 29.2 Å². The molecule has 1 saturated heterocycles. The maximum absolute atomic E-state index is 14.8. The molecule has 216 valence electrons. The zero-order valence-corrected chi connectivity index (χ0v) is 23.6. The van der Waals surface area contributed by atoms with Crippen LogP contribution in [-0.4, -0.2) is 57.5 Å². The molecule has 5 rings (SSSR count). The van der Waals surface area contributed by atoms with Crippen molar-refractivity contribution in [1.82, 2.24) is 19.4 Å². The summed E-state index contributed by atoms with van der Waals surface area (Å²) in [6, 6.07) is 5.96. The number of nitrogens with one attached hydrogen (secondary N) is 2. The van der Waals surface area contributed by atoms with Gasteiger partial charge in [-0.05, 0) is 75.8 Å². The maximum atomic E-state index is 14.8. The molecule has 2 aromatic heterocycles. The molecule has 1 aliphatic carbocycles. The summed E-state index contributed by atoms with van der Waals surface area (Å²) in [6.07, 6.45) is 0.913. The number of hydrogen-bond donors (Lipinski definition) is 2. The van der Waals surface area contributed by atoms with Crippen molar-refractivity contribution in [2.75, 3.05) is 35.9 Å². The molecule has 3 aromatic rings. The van der Waals surface area contributed by atoms with E-state index in [4.69, 9.17) is 4.98 Å². The Hall–Kier alpha value is -2.86. The zero-order chi connectivity index (χ0) is 28.7. The fourth-order valence-corrected chi connectivity index (χ4v) is 6.67. The summed E-state index contributed by atoms with van der Waals surface area (Å²) in [5.41, 5.74) is 1.38. The predicted molar refractivity (Wildman–Crippen MR) is 152 cm³/mol. The number of benzene rings is 1. The first-order chi connectivity index (χ1) is 18.9. The molecule has 1 aliphatic heterocycles. The lowest BCUT2D eigenvalue weighted by Crippen LogP contribution is -2.56. The summed E-state index contributed by atoms with van der Waals surface area (Å²) >= 11 is 0.778. The van der Waals surface area contributed by atoms with E-state index < -0.39 is 18.4 Å². The van der Waals surface area contributed by atoms with Crippen molar-refractivity contribution < 1.29 is 17.6 Å². The smallest absolute Gasteiger partial charge is 0.351 e. The number of aromatic nitrogens is 3. The molecule has 2 fully saturated rings. The Labute approximate surface area is 234 Å². The SMILES string of the molecule is CC(C)n1c(=O)c(-c2ccc(NSCCC(F)(F)F)c(F)c2)cc2cnc(NC3CCC4(CC3)CN(C)C4)nc21. The van der Waals surface area contributed by atoms with Gasteiger partial charge in [-0.1, -0.05) is 18.0 Å². The van der Waals surface area contributed by atoms with Crippen molar-refractivity contribution in [1.29, 1.82) is 0 Å². The Morgan fingerprint density at radius 2 is 1.90 bits per heavy atom. The summed E-state index contributed by atoms with van der Waals surface area (Å²) in [5, 5.41) is 4.12. The highest BCUT2D eigenvalue weighted by Crippen LogP contribution is 2.43. The molecule has 40 heavy (non-hydrogen) atoms. The zero-order valence-electron chi connectivity index (χ0n) is 22.8. The van der Waals surface area contributed by atoms with Crippen LogP contribution in [0.1, 0.15) is 52.0 Å². The van der Waals surface area contributed by atoms with Gasteiger partial charge in [0.05, 0.1) is 12.1 Å². The first kappa shape index (κ1) is 28.7. The summed E-state index contributed by atoms with van der Waals surface area (Å²) in [4.78, 5) is 25.2. The Morgan fingerprint density at radius 3 is 2.52 bits per heavy atom. The van der Waals surface area contributed by atoms with Gasteiger partial charge >= 0.3 is 6.18 Å². The van der Waals surface area contributed by atoms with E-state index in [1.165, 1.54) is 38.1 Å². The van der Waals surface area contributed by atoms with Crippen LogP contribution in [0.3, 0.4) is 0 Å². The summed E-state index contributed by atoms with van der Waals surface area (Å²) < 4.78 is 56.1. The van der Waals surface area contributed by atoms with E-state index in [2.05, 4.69) is 27.0 Å². The largest absolute Gasteiger partial charge is 0.389 e. The second kappa shape index (κ2) is 11.2. The van der Waals surface area contributed by atoms with Gasteiger partial charge in [0.25, 0.3) is 5.56 Å². The molecule has 7 nitrogen and oxygen atoms in total. The average Bonchev–Trinajstić information content (AvgIpc) is 2.86. The van der Waals surface area contributed by atoms with Gasteiger partial charge in [0.1, 0.15) is 11.5 Å². The van der Waals surface area contributed by atoms with E-state index in [0.717, 1.165) is 24.8 Å². The van der Waals surface area contributed by atoms with Crippen molar-refractivity contribution in [3.8, 4) is 11.1 Å². The molecule has 2 aliphatic rings. The second-order valence-electron chi connectivity index (χ2n) is 11.4. The number of anilines is 2. The molecule has 0 bridgehead atoms. The van der Waals surface area contributed by atoms with Gasteiger partial charge in [0.15, 0.2) is 0 Å². The number of alkyl halides is 3.